The molecule has 1 N–H and O–H groups in total. The summed E-state index contributed by atoms with van der Waals surface area (Å²) >= 11 is 0. The van der Waals surface area contributed by atoms with Gasteiger partial charge in [-0.1, -0.05) is 37.3 Å². The van der Waals surface area contributed by atoms with Crippen LogP contribution in [-0.2, 0) is 11.3 Å². The van der Waals surface area contributed by atoms with E-state index in [-0.39, 0.29) is 12.1 Å². The molecule has 1 aromatic rings. The van der Waals surface area contributed by atoms with E-state index < -0.39 is 0 Å². The molecule has 1 rings (SSSR count). The van der Waals surface area contributed by atoms with Crippen LogP contribution < -0.4 is 5.32 Å². The van der Waals surface area contributed by atoms with Crippen molar-refractivity contribution in [3.8, 4) is 0 Å². The fourth-order valence-corrected chi connectivity index (χ4v) is 1.07. The van der Waals surface area contributed by atoms with Crippen LogP contribution >= 0.6 is 0 Å². The van der Waals surface area contributed by atoms with Crippen molar-refractivity contribution in [2.75, 3.05) is 0 Å². The van der Waals surface area contributed by atoms with Crippen LogP contribution in [0.4, 0.5) is 4.79 Å². The van der Waals surface area contributed by atoms with Crippen molar-refractivity contribution in [3.05, 3.63) is 35.9 Å². The second-order valence-corrected chi connectivity index (χ2v) is 3.52. The minimum absolute atomic E-state index is 0.160. The summed E-state index contributed by atoms with van der Waals surface area (Å²) in [5.41, 5.74) is 0.997. The minimum Gasteiger partial charge on any atom is -0.445 e. The average molecular weight is 207 g/mol. The van der Waals surface area contributed by atoms with Gasteiger partial charge in [0.25, 0.3) is 0 Å². The quantitative estimate of drug-likeness (QED) is 0.824. The molecule has 0 unspecified atom stereocenters. The molecule has 0 aliphatic carbocycles. The molecule has 1 amide bonds. The van der Waals surface area contributed by atoms with Crippen molar-refractivity contribution >= 4 is 6.09 Å². The Morgan fingerprint density at radius 1 is 1.40 bits per heavy atom. The van der Waals surface area contributed by atoms with Crippen molar-refractivity contribution in [1.82, 2.24) is 5.32 Å². The van der Waals surface area contributed by atoms with Gasteiger partial charge in [0.05, 0.1) is 0 Å². The number of hydrogen-bond acceptors (Lipinski definition) is 2. The Morgan fingerprint density at radius 2 is 2.07 bits per heavy atom. The molecule has 3 heteroatoms. The second kappa shape index (κ2) is 6.06. The zero-order chi connectivity index (χ0) is 11.1. The van der Waals surface area contributed by atoms with E-state index in [1.165, 1.54) is 0 Å². The Labute approximate surface area is 90.4 Å². The lowest BCUT2D eigenvalue weighted by Gasteiger charge is -2.11. The van der Waals surface area contributed by atoms with E-state index in [0.717, 1.165) is 12.0 Å². The van der Waals surface area contributed by atoms with E-state index in [4.69, 9.17) is 4.74 Å². The second-order valence-electron chi connectivity index (χ2n) is 3.52. The molecule has 0 radical (unpaired) electrons. The topological polar surface area (TPSA) is 38.3 Å². The normalized spacial score (nSPS) is 11.9. The molecule has 1 aromatic carbocycles. The highest BCUT2D eigenvalue weighted by Crippen LogP contribution is 2.00. The number of carbonyl (C=O) groups excluding carboxylic acids is 1. The lowest BCUT2D eigenvalue weighted by atomic mass is 10.2. The standard InChI is InChI=1S/C12H17NO2/c1-3-10(2)13-12(14)15-9-11-7-5-4-6-8-11/h4-8,10H,3,9H2,1-2H3,(H,13,14)/t10-/m1/s1. The third kappa shape index (κ3) is 4.49. The minimum atomic E-state index is -0.354. The summed E-state index contributed by atoms with van der Waals surface area (Å²) in [6.45, 7) is 4.29. The molecule has 82 valence electrons. The van der Waals surface area contributed by atoms with Gasteiger partial charge in [0.1, 0.15) is 6.61 Å². The Bertz CT molecular complexity index is 298. The van der Waals surface area contributed by atoms with Gasteiger partial charge in [-0.25, -0.2) is 4.79 Å². The number of hydrogen-bond donors (Lipinski definition) is 1. The summed E-state index contributed by atoms with van der Waals surface area (Å²) in [7, 11) is 0. The number of alkyl carbamates (subject to hydrolysis) is 1. The van der Waals surface area contributed by atoms with Gasteiger partial charge in [0, 0.05) is 6.04 Å². The molecule has 0 aliphatic heterocycles. The maximum Gasteiger partial charge on any atom is 0.407 e. The van der Waals surface area contributed by atoms with E-state index in [1.54, 1.807) is 0 Å². The fraction of sp³-hybridized carbons (Fsp3) is 0.417. The van der Waals surface area contributed by atoms with Crippen LogP contribution in [0, 0.1) is 0 Å². The van der Waals surface area contributed by atoms with Crippen LogP contribution in [0.5, 0.6) is 0 Å². The van der Waals surface area contributed by atoms with Crippen LogP contribution in [0.15, 0.2) is 30.3 Å². The van der Waals surface area contributed by atoms with Crippen LogP contribution in [0.25, 0.3) is 0 Å². The molecule has 0 heterocycles. The molecule has 0 spiro atoms. The van der Waals surface area contributed by atoms with Crippen molar-refractivity contribution in [2.45, 2.75) is 32.9 Å². The number of benzene rings is 1. The van der Waals surface area contributed by atoms with Crippen molar-refractivity contribution < 1.29 is 9.53 Å². The third-order valence-electron chi connectivity index (χ3n) is 2.19. The highest BCUT2D eigenvalue weighted by Gasteiger charge is 2.05. The Hall–Kier alpha value is -1.51. The average Bonchev–Trinajstić information content (AvgIpc) is 2.27. The molecular weight excluding hydrogens is 190 g/mol. The maximum atomic E-state index is 11.3. The summed E-state index contributed by atoms with van der Waals surface area (Å²) in [6.07, 6.45) is 0.550. The van der Waals surface area contributed by atoms with Crippen molar-refractivity contribution in [1.29, 1.82) is 0 Å². The third-order valence-corrected chi connectivity index (χ3v) is 2.19. The monoisotopic (exact) mass is 207 g/mol. The van der Waals surface area contributed by atoms with Gasteiger partial charge in [-0.3, -0.25) is 0 Å². The first-order valence-corrected chi connectivity index (χ1v) is 5.19. The largest absolute Gasteiger partial charge is 0.445 e. The summed E-state index contributed by atoms with van der Waals surface area (Å²) in [4.78, 5) is 11.3. The highest BCUT2D eigenvalue weighted by molar-refractivity contribution is 5.67. The number of ether oxygens (including phenoxy) is 1. The lowest BCUT2D eigenvalue weighted by molar-refractivity contribution is 0.136. The molecule has 0 saturated carbocycles. The summed E-state index contributed by atoms with van der Waals surface area (Å²) in [5.74, 6) is 0. The highest BCUT2D eigenvalue weighted by atomic mass is 16.5. The number of amides is 1. The van der Waals surface area contributed by atoms with Gasteiger partial charge in [0.15, 0.2) is 0 Å². The van der Waals surface area contributed by atoms with E-state index in [2.05, 4.69) is 5.32 Å². The zero-order valence-electron chi connectivity index (χ0n) is 9.19. The molecule has 1 atom stereocenters. The van der Waals surface area contributed by atoms with Crippen LogP contribution in [0.1, 0.15) is 25.8 Å². The molecule has 15 heavy (non-hydrogen) atoms. The maximum absolute atomic E-state index is 11.3. The van der Waals surface area contributed by atoms with Gasteiger partial charge >= 0.3 is 6.09 Å². The van der Waals surface area contributed by atoms with Crippen molar-refractivity contribution in [2.24, 2.45) is 0 Å². The fourth-order valence-electron chi connectivity index (χ4n) is 1.07. The first-order chi connectivity index (χ1) is 7.22. The van der Waals surface area contributed by atoms with Crippen LogP contribution in [0.3, 0.4) is 0 Å². The van der Waals surface area contributed by atoms with Crippen LogP contribution in [-0.4, -0.2) is 12.1 Å². The molecular formula is C12H17NO2. The zero-order valence-corrected chi connectivity index (χ0v) is 9.19. The van der Waals surface area contributed by atoms with Gasteiger partial charge in [-0.05, 0) is 18.9 Å². The Kier molecular flexibility index (Phi) is 4.68. The van der Waals surface area contributed by atoms with Gasteiger partial charge in [-0.2, -0.15) is 0 Å². The van der Waals surface area contributed by atoms with Gasteiger partial charge < -0.3 is 10.1 Å². The SMILES string of the molecule is CC[C@@H](C)NC(=O)OCc1ccccc1. The molecule has 0 saturated heterocycles. The molecule has 0 fully saturated rings. The summed E-state index contributed by atoms with van der Waals surface area (Å²) in [6, 6.07) is 9.79. The smallest absolute Gasteiger partial charge is 0.407 e. The molecule has 0 bridgehead atoms. The lowest BCUT2D eigenvalue weighted by Crippen LogP contribution is -2.32. The molecule has 3 nitrogen and oxygen atoms in total. The van der Waals surface area contributed by atoms with Crippen LogP contribution in [0.2, 0.25) is 0 Å². The van der Waals surface area contributed by atoms with E-state index in [9.17, 15) is 4.79 Å². The first-order valence-electron chi connectivity index (χ1n) is 5.19. The predicted molar refractivity (Wildman–Crippen MR) is 59.5 cm³/mol. The predicted octanol–water partition coefficient (Wildman–Crippen LogP) is 2.71. The van der Waals surface area contributed by atoms with Gasteiger partial charge in [0.2, 0.25) is 0 Å². The van der Waals surface area contributed by atoms with Crippen molar-refractivity contribution in [3.63, 3.8) is 0 Å². The van der Waals surface area contributed by atoms with E-state index >= 15 is 0 Å². The Morgan fingerprint density at radius 3 is 2.67 bits per heavy atom. The Balaban J connectivity index is 2.29. The molecule has 0 aliphatic rings. The van der Waals surface area contributed by atoms with Gasteiger partial charge in [-0.15, -0.1) is 0 Å². The summed E-state index contributed by atoms with van der Waals surface area (Å²) in [5, 5.41) is 2.74. The number of carbonyl (C=O) groups is 1. The van der Waals surface area contributed by atoms with E-state index in [1.807, 2.05) is 44.2 Å². The number of nitrogens with one attached hydrogen (secondary N) is 1. The summed E-state index contributed by atoms with van der Waals surface area (Å²) < 4.78 is 5.05. The molecule has 0 aromatic heterocycles. The van der Waals surface area contributed by atoms with E-state index in [0.29, 0.717) is 6.61 Å². The number of rotatable bonds is 4. The first kappa shape index (κ1) is 11.6.